The Morgan fingerprint density at radius 1 is 1.33 bits per heavy atom. The number of aromatic nitrogens is 1. The molecule has 1 aliphatic heterocycles. The predicted molar refractivity (Wildman–Crippen MR) is 95.1 cm³/mol. The molecule has 3 rings (SSSR count). The van der Waals surface area contributed by atoms with Gasteiger partial charge in [0, 0.05) is 31.1 Å². The highest BCUT2D eigenvalue weighted by molar-refractivity contribution is 5.19. The van der Waals surface area contributed by atoms with Crippen LogP contribution in [0.3, 0.4) is 0 Å². The van der Waals surface area contributed by atoms with E-state index < -0.39 is 0 Å². The summed E-state index contributed by atoms with van der Waals surface area (Å²) in [6.45, 7) is 8.48. The molecule has 1 aromatic rings. The highest BCUT2D eigenvalue weighted by Gasteiger charge is 2.47. The molecular weight excluding hydrogens is 302 g/mol. The average molecular weight is 335 g/mol. The monoisotopic (exact) mass is 335 g/mol. The van der Waals surface area contributed by atoms with Gasteiger partial charge in [0.1, 0.15) is 5.76 Å². The van der Waals surface area contributed by atoms with Crippen molar-refractivity contribution in [3.63, 3.8) is 0 Å². The molecule has 0 amide bonds. The Bertz CT molecular complexity index is 532. The molecule has 0 unspecified atom stereocenters. The van der Waals surface area contributed by atoms with Crippen molar-refractivity contribution in [2.45, 2.75) is 64.0 Å². The van der Waals surface area contributed by atoms with E-state index in [1.54, 1.807) is 0 Å². The molecular formula is C19H33N3O2. The van der Waals surface area contributed by atoms with E-state index in [4.69, 9.17) is 9.26 Å². The second kappa shape index (κ2) is 7.14. The molecule has 1 aliphatic carbocycles. The van der Waals surface area contributed by atoms with Gasteiger partial charge in [-0.05, 0) is 51.6 Å². The topological polar surface area (TPSA) is 50.5 Å². The van der Waals surface area contributed by atoms with Crippen LogP contribution in [0.15, 0.2) is 10.7 Å². The average Bonchev–Trinajstić information content (AvgIpc) is 3.11. The van der Waals surface area contributed by atoms with Gasteiger partial charge in [-0.25, -0.2) is 0 Å². The van der Waals surface area contributed by atoms with E-state index in [9.17, 15) is 0 Å². The molecule has 1 saturated carbocycles. The zero-order valence-corrected chi connectivity index (χ0v) is 15.7. The van der Waals surface area contributed by atoms with Crippen molar-refractivity contribution in [2.24, 2.45) is 5.41 Å². The van der Waals surface area contributed by atoms with Gasteiger partial charge < -0.3 is 19.5 Å². The lowest BCUT2D eigenvalue weighted by atomic mass is 9.72. The normalized spacial score (nSPS) is 29.6. The van der Waals surface area contributed by atoms with E-state index >= 15 is 0 Å². The number of hydrogen-bond donors (Lipinski definition) is 1. The summed E-state index contributed by atoms with van der Waals surface area (Å²) in [5.74, 6) is 1.61. The molecule has 1 N–H and O–H groups in total. The van der Waals surface area contributed by atoms with Gasteiger partial charge in [0.25, 0.3) is 0 Å². The summed E-state index contributed by atoms with van der Waals surface area (Å²) in [6.07, 6.45) is 7.71. The fraction of sp³-hybridized carbons (Fsp3) is 0.842. The van der Waals surface area contributed by atoms with E-state index in [1.807, 2.05) is 13.2 Å². The quantitative estimate of drug-likeness (QED) is 0.865. The van der Waals surface area contributed by atoms with Crippen LogP contribution >= 0.6 is 0 Å². The molecule has 1 saturated heterocycles. The predicted octanol–water partition coefficient (Wildman–Crippen LogP) is 3.17. The second-order valence-corrected chi connectivity index (χ2v) is 8.64. The maximum absolute atomic E-state index is 6.24. The Morgan fingerprint density at radius 3 is 2.71 bits per heavy atom. The SMILES string of the molecule is CNCCN(C)Cc1cnoc1C1CCC2(CC1)CC(C)(C)CO2. The summed E-state index contributed by atoms with van der Waals surface area (Å²) < 4.78 is 11.9. The Labute approximate surface area is 146 Å². The van der Waals surface area contributed by atoms with Crippen molar-refractivity contribution in [3.05, 3.63) is 17.5 Å². The maximum Gasteiger partial charge on any atom is 0.144 e. The first-order valence-corrected chi connectivity index (χ1v) is 9.34. The van der Waals surface area contributed by atoms with Crippen molar-refractivity contribution in [1.82, 2.24) is 15.4 Å². The van der Waals surface area contributed by atoms with Gasteiger partial charge in [-0.1, -0.05) is 19.0 Å². The van der Waals surface area contributed by atoms with Crippen LogP contribution in [-0.4, -0.2) is 49.4 Å². The molecule has 5 heteroatoms. The molecule has 0 aromatic carbocycles. The molecule has 2 fully saturated rings. The van der Waals surface area contributed by atoms with Gasteiger partial charge in [0.15, 0.2) is 0 Å². The summed E-state index contributed by atoms with van der Waals surface area (Å²) in [6, 6.07) is 0. The highest BCUT2D eigenvalue weighted by atomic mass is 16.5. The van der Waals surface area contributed by atoms with Gasteiger partial charge >= 0.3 is 0 Å². The van der Waals surface area contributed by atoms with Crippen molar-refractivity contribution in [2.75, 3.05) is 33.8 Å². The third-order valence-electron chi connectivity index (χ3n) is 5.70. The van der Waals surface area contributed by atoms with Crippen LogP contribution in [0.2, 0.25) is 0 Å². The number of ether oxygens (including phenoxy) is 1. The van der Waals surface area contributed by atoms with Crippen LogP contribution in [0.4, 0.5) is 0 Å². The van der Waals surface area contributed by atoms with Crippen molar-refractivity contribution >= 4 is 0 Å². The lowest BCUT2D eigenvalue weighted by molar-refractivity contribution is -0.0308. The molecule has 2 aliphatic rings. The van der Waals surface area contributed by atoms with E-state index in [2.05, 4.69) is 36.3 Å². The molecule has 5 nitrogen and oxygen atoms in total. The first-order valence-electron chi connectivity index (χ1n) is 9.34. The Morgan fingerprint density at radius 2 is 2.08 bits per heavy atom. The van der Waals surface area contributed by atoms with Crippen molar-refractivity contribution in [1.29, 1.82) is 0 Å². The zero-order valence-electron chi connectivity index (χ0n) is 15.7. The van der Waals surface area contributed by atoms with Crippen molar-refractivity contribution in [3.8, 4) is 0 Å². The third kappa shape index (κ3) is 4.01. The minimum Gasteiger partial charge on any atom is -0.374 e. The van der Waals surface area contributed by atoms with Crippen LogP contribution < -0.4 is 5.32 Å². The number of rotatable bonds is 6. The van der Waals surface area contributed by atoms with Crippen molar-refractivity contribution < 1.29 is 9.26 Å². The smallest absolute Gasteiger partial charge is 0.144 e. The molecule has 2 heterocycles. The Hall–Kier alpha value is -0.910. The largest absolute Gasteiger partial charge is 0.374 e. The van der Waals surface area contributed by atoms with Gasteiger partial charge in [-0.3, -0.25) is 0 Å². The van der Waals surface area contributed by atoms with Crippen LogP contribution in [-0.2, 0) is 11.3 Å². The molecule has 0 radical (unpaired) electrons. The maximum atomic E-state index is 6.24. The molecule has 1 spiro atoms. The van der Waals surface area contributed by atoms with Gasteiger partial charge in [0.2, 0.25) is 0 Å². The molecule has 136 valence electrons. The third-order valence-corrected chi connectivity index (χ3v) is 5.70. The minimum absolute atomic E-state index is 0.129. The first kappa shape index (κ1) is 17.9. The number of likely N-dealkylation sites (N-methyl/N-ethyl adjacent to an activating group) is 2. The summed E-state index contributed by atoms with van der Waals surface area (Å²) in [5.41, 5.74) is 1.71. The van der Waals surface area contributed by atoms with Crippen LogP contribution in [0, 0.1) is 5.41 Å². The Kier molecular flexibility index (Phi) is 5.33. The number of hydrogen-bond acceptors (Lipinski definition) is 5. The van der Waals surface area contributed by atoms with Crippen LogP contribution in [0.1, 0.15) is 63.2 Å². The van der Waals surface area contributed by atoms with Gasteiger partial charge in [-0.15, -0.1) is 0 Å². The zero-order chi connectivity index (χ0) is 17.2. The first-order chi connectivity index (χ1) is 11.4. The molecule has 24 heavy (non-hydrogen) atoms. The second-order valence-electron chi connectivity index (χ2n) is 8.64. The summed E-state index contributed by atoms with van der Waals surface area (Å²) in [7, 11) is 4.14. The summed E-state index contributed by atoms with van der Waals surface area (Å²) in [5, 5.41) is 7.29. The Balaban J connectivity index is 1.58. The fourth-order valence-electron chi connectivity index (χ4n) is 4.45. The number of nitrogens with one attached hydrogen (secondary N) is 1. The minimum atomic E-state index is 0.129. The lowest BCUT2D eigenvalue weighted by Crippen LogP contribution is -2.33. The van der Waals surface area contributed by atoms with E-state index in [0.717, 1.165) is 57.7 Å². The standard InChI is InChI=1S/C19H33N3O2/c1-18(2)13-19(23-14-18)7-5-15(6-8-19)17-16(11-21-24-17)12-22(4)10-9-20-3/h11,15,20H,5-10,12-14H2,1-4H3. The van der Waals surface area contributed by atoms with Crippen LogP contribution in [0.25, 0.3) is 0 Å². The number of nitrogens with zero attached hydrogens (tertiary/aromatic N) is 2. The fourth-order valence-corrected chi connectivity index (χ4v) is 4.45. The van der Waals surface area contributed by atoms with Gasteiger partial charge in [0.05, 0.1) is 18.4 Å². The molecule has 1 aromatic heterocycles. The van der Waals surface area contributed by atoms with Gasteiger partial charge in [-0.2, -0.15) is 0 Å². The van der Waals surface area contributed by atoms with E-state index in [0.29, 0.717) is 11.3 Å². The summed E-state index contributed by atoms with van der Waals surface area (Å²) in [4.78, 5) is 2.32. The molecule has 0 atom stereocenters. The summed E-state index contributed by atoms with van der Waals surface area (Å²) >= 11 is 0. The van der Waals surface area contributed by atoms with Crippen LogP contribution in [0.5, 0.6) is 0 Å². The van der Waals surface area contributed by atoms with E-state index in [1.165, 1.54) is 12.0 Å². The molecule has 0 bridgehead atoms. The lowest BCUT2D eigenvalue weighted by Gasteiger charge is -2.36. The van der Waals surface area contributed by atoms with E-state index in [-0.39, 0.29) is 5.60 Å². The highest BCUT2D eigenvalue weighted by Crippen LogP contribution is 2.50.